The Morgan fingerprint density at radius 1 is 1.15 bits per heavy atom. The summed E-state index contributed by atoms with van der Waals surface area (Å²) in [7, 11) is 0. The molecule has 1 atom stereocenters. The summed E-state index contributed by atoms with van der Waals surface area (Å²) in [5.74, 6) is -0.986. The van der Waals surface area contributed by atoms with Gasteiger partial charge < -0.3 is 11.1 Å². The third-order valence-corrected chi connectivity index (χ3v) is 5.78. The monoisotopic (exact) mass is 401 g/mol. The van der Waals surface area contributed by atoms with Gasteiger partial charge in [0.1, 0.15) is 5.82 Å². The predicted molar refractivity (Wildman–Crippen MR) is 106 cm³/mol. The molecule has 0 saturated heterocycles. The van der Waals surface area contributed by atoms with Gasteiger partial charge in [-0.05, 0) is 55.5 Å². The standard InChI is InChI=1S/C19H16FN3O2S2/c1-11(18(25)22-15-8-4-13(5-9-15)17(21)24)27-19-23-16(10-26-19)12-2-6-14(20)7-3-12/h2-11H,1H3,(H2,21,24)(H,22,25)/t11-/m1/s1. The van der Waals surface area contributed by atoms with Crippen molar-refractivity contribution in [2.24, 2.45) is 5.73 Å². The van der Waals surface area contributed by atoms with E-state index >= 15 is 0 Å². The van der Waals surface area contributed by atoms with Gasteiger partial charge in [0, 0.05) is 22.2 Å². The van der Waals surface area contributed by atoms with Crippen LogP contribution in [0, 0.1) is 5.82 Å². The number of carbonyl (C=O) groups is 2. The molecule has 0 unspecified atom stereocenters. The first-order valence-corrected chi connectivity index (χ1v) is 9.77. The highest BCUT2D eigenvalue weighted by molar-refractivity contribution is 8.02. The summed E-state index contributed by atoms with van der Waals surface area (Å²) in [6.07, 6.45) is 0. The van der Waals surface area contributed by atoms with Crippen LogP contribution in [-0.2, 0) is 4.79 Å². The summed E-state index contributed by atoms with van der Waals surface area (Å²) in [6.45, 7) is 1.79. The Kier molecular flexibility index (Phi) is 5.88. The number of carbonyl (C=O) groups excluding carboxylic acids is 2. The molecule has 138 valence electrons. The van der Waals surface area contributed by atoms with E-state index in [2.05, 4.69) is 10.3 Å². The number of anilines is 1. The van der Waals surface area contributed by atoms with E-state index in [1.54, 1.807) is 43.3 Å². The summed E-state index contributed by atoms with van der Waals surface area (Å²) in [4.78, 5) is 27.9. The van der Waals surface area contributed by atoms with Gasteiger partial charge in [-0.25, -0.2) is 9.37 Å². The van der Waals surface area contributed by atoms with Gasteiger partial charge in [0.2, 0.25) is 11.8 Å². The first kappa shape index (κ1) is 19.1. The quantitative estimate of drug-likeness (QED) is 0.607. The molecule has 0 aliphatic carbocycles. The number of nitrogens with zero attached hydrogens (tertiary/aromatic N) is 1. The van der Waals surface area contributed by atoms with E-state index in [1.165, 1.54) is 35.2 Å². The van der Waals surface area contributed by atoms with Crippen molar-refractivity contribution in [2.45, 2.75) is 16.5 Å². The highest BCUT2D eigenvalue weighted by Gasteiger charge is 2.17. The number of rotatable bonds is 6. The second kappa shape index (κ2) is 8.32. The number of amides is 2. The molecule has 3 aromatic rings. The van der Waals surface area contributed by atoms with Crippen LogP contribution in [0.4, 0.5) is 10.1 Å². The number of aromatic nitrogens is 1. The lowest BCUT2D eigenvalue weighted by atomic mass is 10.2. The molecule has 8 heteroatoms. The van der Waals surface area contributed by atoms with Crippen LogP contribution in [0.25, 0.3) is 11.3 Å². The van der Waals surface area contributed by atoms with E-state index in [4.69, 9.17) is 5.73 Å². The predicted octanol–water partition coefficient (Wildman–Crippen LogP) is 4.17. The number of primary amides is 1. The van der Waals surface area contributed by atoms with Gasteiger partial charge in [-0.2, -0.15) is 0 Å². The lowest BCUT2D eigenvalue weighted by Gasteiger charge is -2.10. The molecule has 1 aromatic heterocycles. The molecule has 5 nitrogen and oxygen atoms in total. The maximum absolute atomic E-state index is 13.0. The van der Waals surface area contributed by atoms with Crippen LogP contribution >= 0.6 is 23.1 Å². The van der Waals surface area contributed by atoms with E-state index < -0.39 is 5.91 Å². The molecule has 3 rings (SSSR count). The molecular formula is C19H16FN3O2S2. The second-order valence-electron chi connectivity index (χ2n) is 5.70. The average Bonchev–Trinajstić information content (AvgIpc) is 3.11. The minimum absolute atomic E-state index is 0.176. The fourth-order valence-corrected chi connectivity index (χ4v) is 4.20. The SMILES string of the molecule is C[C@@H](Sc1nc(-c2ccc(F)cc2)cs1)C(=O)Nc1ccc(C(N)=O)cc1. The van der Waals surface area contributed by atoms with Crippen molar-refractivity contribution in [2.75, 3.05) is 5.32 Å². The largest absolute Gasteiger partial charge is 0.366 e. The topological polar surface area (TPSA) is 85.1 Å². The molecule has 2 amide bonds. The molecule has 0 spiro atoms. The van der Waals surface area contributed by atoms with Gasteiger partial charge in [-0.1, -0.05) is 11.8 Å². The van der Waals surface area contributed by atoms with Crippen LogP contribution in [0.5, 0.6) is 0 Å². The van der Waals surface area contributed by atoms with Gasteiger partial charge in [0.15, 0.2) is 4.34 Å². The number of halogens is 1. The normalized spacial score (nSPS) is 11.8. The van der Waals surface area contributed by atoms with Crippen molar-refractivity contribution >= 4 is 40.6 Å². The lowest BCUT2D eigenvalue weighted by Crippen LogP contribution is -2.22. The Labute approximate surface area is 163 Å². The van der Waals surface area contributed by atoms with Crippen LogP contribution in [0.1, 0.15) is 17.3 Å². The van der Waals surface area contributed by atoms with Crippen LogP contribution in [0.2, 0.25) is 0 Å². The van der Waals surface area contributed by atoms with E-state index in [0.29, 0.717) is 11.3 Å². The average molecular weight is 401 g/mol. The van der Waals surface area contributed by atoms with Crippen molar-refractivity contribution < 1.29 is 14.0 Å². The molecule has 0 aliphatic heterocycles. The molecule has 1 heterocycles. The maximum atomic E-state index is 13.0. The first-order valence-electron chi connectivity index (χ1n) is 8.01. The lowest BCUT2D eigenvalue weighted by molar-refractivity contribution is -0.115. The van der Waals surface area contributed by atoms with Crippen molar-refractivity contribution in [3.05, 3.63) is 65.3 Å². The second-order valence-corrected chi connectivity index (χ2v) is 8.14. The Morgan fingerprint density at radius 2 is 1.81 bits per heavy atom. The Morgan fingerprint density at radius 3 is 2.44 bits per heavy atom. The number of hydrogen-bond acceptors (Lipinski definition) is 5. The maximum Gasteiger partial charge on any atom is 0.248 e. The molecule has 3 N–H and O–H groups in total. The Hall–Kier alpha value is -2.71. The zero-order chi connectivity index (χ0) is 19.4. The minimum atomic E-state index is -0.516. The third kappa shape index (κ3) is 4.93. The third-order valence-electron chi connectivity index (χ3n) is 3.71. The van der Waals surface area contributed by atoms with Gasteiger partial charge >= 0.3 is 0 Å². The molecule has 27 heavy (non-hydrogen) atoms. The Balaban J connectivity index is 1.61. The van der Waals surface area contributed by atoms with Gasteiger partial charge in [0.25, 0.3) is 0 Å². The van der Waals surface area contributed by atoms with Crippen molar-refractivity contribution in [3.63, 3.8) is 0 Å². The summed E-state index contributed by atoms with van der Waals surface area (Å²) >= 11 is 2.78. The number of thioether (sulfide) groups is 1. The van der Waals surface area contributed by atoms with Gasteiger partial charge in [-0.15, -0.1) is 11.3 Å². The molecule has 0 radical (unpaired) electrons. The zero-order valence-electron chi connectivity index (χ0n) is 14.3. The van der Waals surface area contributed by atoms with Crippen LogP contribution in [-0.4, -0.2) is 22.0 Å². The smallest absolute Gasteiger partial charge is 0.248 e. The van der Waals surface area contributed by atoms with Crippen molar-refractivity contribution in [3.8, 4) is 11.3 Å². The van der Waals surface area contributed by atoms with Crippen LogP contribution in [0.15, 0.2) is 58.3 Å². The summed E-state index contributed by atoms with van der Waals surface area (Å²) in [5.41, 5.74) is 7.74. The van der Waals surface area contributed by atoms with Gasteiger partial charge in [0.05, 0.1) is 10.9 Å². The fraction of sp³-hybridized carbons (Fsp3) is 0.105. The Bertz CT molecular complexity index is 956. The number of nitrogens with one attached hydrogen (secondary N) is 1. The summed E-state index contributed by atoms with van der Waals surface area (Å²) in [5, 5.41) is 4.31. The number of thiazole rings is 1. The molecule has 2 aromatic carbocycles. The van der Waals surface area contributed by atoms with E-state index in [-0.39, 0.29) is 17.0 Å². The minimum Gasteiger partial charge on any atom is -0.366 e. The summed E-state index contributed by atoms with van der Waals surface area (Å²) in [6, 6.07) is 12.5. The zero-order valence-corrected chi connectivity index (χ0v) is 15.9. The van der Waals surface area contributed by atoms with Crippen LogP contribution in [0.3, 0.4) is 0 Å². The highest BCUT2D eigenvalue weighted by Crippen LogP contribution is 2.31. The molecule has 0 fully saturated rings. The molecule has 0 bridgehead atoms. The van der Waals surface area contributed by atoms with Crippen LogP contribution < -0.4 is 11.1 Å². The number of nitrogens with two attached hydrogens (primary N) is 1. The molecule has 0 aliphatic rings. The first-order chi connectivity index (χ1) is 12.9. The number of hydrogen-bond donors (Lipinski definition) is 2. The van der Waals surface area contributed by atoms with Gasteiger partial charge in [-0.3, -0.25) is 9.59 Å². The van der Waals surface area contributed by atoms with E-state index in [9.17, 15) is 14.0 Å². The van der Waals surface area contributed by atoms with Crippen molar-refractivity contribution in [1.82, 2.24) is 4.98 Å². The fourth-order valence-electron chi connectivity index (χ4n) is 2.23. The van der Waals surface area contributed by atoms with E-state index in [1.807, 2.05) is 5.38 Å². The summed E-state index contributed by atoms with van der Waals surface area (Å²) < 4.78 is 13.8. The highest BCUT2D eigenvalue weighted by atomic mass is 32.2. The molecule has 0 saturated carbocycles. The number of benzene rings is 2. The molecular weight excluding hydrogens is 385 g/mol. The van der Waals surface area contributed by atoms with E-state index in [0.717, 1.165) is 15.6 Å². The van der Waals surface area contributed by atoms with Crippen molar-refractivity contribution in [1.29, 1.82) is 0 Å².